The van der Waals surface area contributed by atoms with E-state index in [9.17, 15) is 24.0 Å². The molecule has 1 N–H and O–H groups in total. The van der Waals surface area contributed by atoms with Gasteiger partial charge >= 0.3 is 11.9 Å². The summed E-state index contributed by atoms with van der Waals surface area (Å²) in [6.07, 6.45) is 0. The number of carbonyl (C=O) groups excluding carboxylic acids is 5. The van der Waals surface area contributed by atoms with Crippen LogP contribution in [0.25, 0.3) is 0 Å². The first-order valence-electron chi connectivity index (χ1n) is 11.3. The highest BCUT2D eigenvalue weighted by Gasteiger charge is 2.36. The average molecular weight is 488 g/mol. The van der Waals surface area contributed by atoms with Gasteiger partial charge in [0.2, 0.25) is 5.78 Å². The topological polar surface area (TPSA) is 123 Å². The molecule has 0 radical (unpaired) electrons. The summed E-state index contributed by atoms with van der Waals surface area (Å²) < 4.78 is 10.2. The number of ketones is 1. The molecule has 0 saturated heterocycles. The lowest BCUT2D eigenvalue weighted by molar-refractivity contribution is 0.0472. The van der Waals surface area contributed by atoms with Crippen LogP contribution in [0.1, 0.15) is 75.7 Å². The zero-order valence-corrected chi connectivity index (χ0v) is 20.0. The number of aryl methyl sites for hydroxylation is 2. The monoisotopic (exact) mass is 488 g/mol. The summed E-state index contributed by atoms with van der Waals surface area (Å²) in [5.74, 6) is -3.01. The van der Waals surface area contributed by atoms with Crippen molar-refractivity contribution < 1.29 is 33.4 Å². The fraction of sp³-hybridized carbons (Fsp3) is 0.222. The number of esters is 2. The largest absolute Gasteiger partial charge is 0.462 e. The van der Waals surface area contributed by atoms with Crippen LogP contribution < -0.4 is 0 Å². The Morgan fingerprint density at radius 2 is 1.50 bits per heavy atom. The Morgan fingerprint density at radius 3 is 2.19 bits per heavy atom. The van der Waals surface area contributed by atoms with E-state index in [0.717, 1.165) is 10.5 Å². The Morgan fingerprint density at radius 1 is 0.833 bits per heavy atom. The minimum Gasteiger partial charge on any atom is -0.462 e. The lowest BCUT2D eigenvalue weighted by Crippen LogP contribution is -2.29. The Balaban J connectivity index is 1.48. The molecule has 0 spiro atoms. The first kappa shape index (κ1) is 24.6. The van der Waals surface area contributed by atoms with Gasteiger partial charge in [-0.3, -0.25) is 19.3 Å². The number of Topliss-reactive ketones (excluding diaryl/α,β-unsaturated/α-hetero) is 1. The molecule has 1 aromatic heterocycles. The molecule has 36 heavy (non-hydrogen) atoms. The van der Waals surface area contributed by atoms with Crippen molar-refractivity contribution in [3.63, 3.8) is 0 Å². The number of amides is 2. The van der Waals surface area contributed by atoms with Crippen LogP contribution in [0.15, 0.2) is 48.5 Å². The number of ether oxygens (including phenoxy) is 2. The smallest absolute Gasteiger partial charge is 0.340 e. The number of fused-ring (bicyclic) bond motifs is 1. The van der Waals surface area contributed by atoms with Gasteiger partial charge in [-0.2, -0.15) is 0 Å². The Hall–Kier alpha value is -4.53. The van der Waals surface area contributed by atoms with Crippen molar-refractivity contribution in [3.8, 4) is 0 Å². The maximum atomic E-state index is 12.9. The number of carbonyl (C=O) groups is 5. The predicted molar refractivity (Wildman–Crippen MR) is 128 cm³/mol. The van der Waals surface area contributed by atoms with E-state index in [1.165, 1.54) is 18.2 Å². The van der Waals surface area contributed by atoms with E-state index in [2.05, 4.69) is 4.98 Å². The second-order valence-electron chi connectivity index (χ2n) is 8.29. The molecule has 0 atom stereocenters. The lowest BCUT2D eigenvalue weighted by Gasteiger charge is -2.13. The van der Waals surface area contributed by atoms with Gasteiger partial charge in [-0.05, 0) is 44.5 Å². The average Bonchev–Trinajstić information content (AvgIpc) is 3.30. The van der Waals surface area contributed by atoms with Crippen LogP contribution in [0.2, 0.25) is 0 Å². The Bertz CT molecular complexity index is 1390. The third-order valence-corrected chi connectivity index (χ3v) is 5.86. The SMILES string of the molecule is CCOC(=O)c1c(C)[nH]c(C)c1C(=O)COC(=O)c1ccc2c(c1)C(=O)N(Cc1ccccc1)C2=O. The molecule has 9 heteroatoms. The van der Waals surface area contributed by atoms with Crippen LogP contribution in [-0.4, -0.2) is 52.6 Å². The van der Waals surface area contributed by atoms with E-state index < -0.39 is 36.1 Å². The summed E-state index contributed by atoms with van der Waals surface area (Å²) in [6, 6.07) is 13.2. The van der Waals surface area contributed by atoms with Gasteiger partial charge in [0.25, 0.3) is 11.8 Å². The van der Waals surface area contributed by atoms with E-state index in [0.29, 0.717) is 11.4 Å². The molecular weight excluding hydrogens is 464 g/mol. The van der Waals surface area contributed by atoms with E-state index in [1.807, 2.05) is 30.3 Å². The highest BCUT2D eigenvalue weighted by atomic mass is 16.5. The molecule has 4 rings (SSSR count). The molecule has 0 aliphatic carbocycles. The van der Waals surface area contributed by atoms with E-state index in [1.54, 1.807) is 20.8 Å². The van der Waals surface area contributed by atoms with E-state index >= 15 is 0 Å². The molecule has 2 aromatic carbocycles. The van der Waals surface area contributed by atoms with Gasteiger partial charge in [0.05, 0.1) is 41.0 Å². The number of imide groups is 1. The van der Waals surface area contributed by atoms with Crippen LogP contribution in [0.4, 0.5) is 0 Å². The highest BCUT2D eigenvalue weighted by molar-refractivity contribution is 6.22. The number of aromatic amines is 1. The predicted octanol–water partition coefficient (Wildman–Crippen LogP) is 3.64. The quantitative estimate of drug-likeness (QED) is 0.292. The van der Waals surface area contributed by atoms with Crippen LogP contribution in [0.3, 0.4) is 0 Å². The first-order valence-corrected chi connectivity index (χ1v) is 11.3. The molecule has 2 heterocycles. The molecule has 0 fully saturated rings. The molecule has 1 aliphatic heterocycles. The maximum absolute atomic E-state index is 12.9. The van der Waals surface area contributed by atoms with Crippen LogP contribution in [0.5, 0.6) is 0 Å². The van der Waals surface area contributed by atoms with Gasteiger partial charge in [-0.1, -0.05) is 30.3 Å². The van der Waals surface area contributed by atoms with Gasteiger partial charge in [0, 0.05) is 11.4 Å². The summed E-state index contributed by atoms with van der Waals surface area (Å²) in [7, 11) is 0. The Labute approximate surface area is 207 Å². The maximum Gasteiger partial charge on any atom is 0.340 e. The molecule has 3 aromatic rings. The van der Waals surface area contributed by atoms with Crippen LogP contribution in [-0.2, 0) is 16.0 Å². The molecule has 9 nitrogen and oxygen atoms in total. The molecule has 1 aliphatic rings. The summed E-state index contributed by atoms with van der Waals surface area (Å²) in [5.41, 5.74) is 2.25. The van der Waals surface area contributed by atoms with Crippen molar-refractivity contribution in [3.05, 3.63) is 93.3 Å². The minimum absolute atomic E-state index is 0.0249. The molecule has 184 valence electrons. The fourth-order valence-corrected chi connectivity index (χ4v) is 4.20. The number of H-pyrrole nitrogens is 1. The van der Waals surface area contributed by atoms with Crippen LogP contribution >= 0.6 is 0 Å². The van der Waals surface area contributed by atoms with Gasteiger partial charge in [0.1, 0.15) is 0 Å². The third-order valence-electron chi connectivity index (χ3n) is 5.86. The normalized spacial score (nSPS) is 12.5. The fourth-order valence-electron chi connectivity index (χ4n) is 4.20. The molecule has 2 amide bonds. The third kappa shape index (κ3) is 4.55. The van der Waals surface area contributed by atoms with Crippen molar-refractivity contribution in [2.75, 3.05) is 13.2 Å². The number of benzene rings is 2. The lowest BCUT2D eigenvalue weighted by atomic mass is 10.0. The minimum atomic E-state index is -0.837. The molecule has 0 unspecified atom stereocenters. The van der Waals surface area contributed by atoms with Gasteiger partial charge in [-0.25, -0.2) is 9.59 Å². The number of nitrogens with one attached hydrogen (secondary N) is 1. The van der Waals surface area contributed by atoms with Crippen molar-refractivity contribution >= 4 is 29.5 Å². The number of hydrogen-bond donors (Lipinski definition) is 1. The number of aromatic nitrogens is 1. The molecule has 0 saturated carbocycles. The summed E-state index contributed by atoms with van der Waals surface area (Å²) >= 11 is 0. The van der Waals surface area contributed by atoms with E-state index in [4.69, 9.17) is 9.47 Å². The van der Waals surface area contributed by atoms with Crippen LogP contribution in [0, 0.1) is 13.8 Å². The van der Waals surface area contributed by atoms with Crippen molar-refractivity contribution in [1.82, 2.24) is 9.88 Å². The van der Waals surface area contributed by atoms with Gasteiger partial charge < -0.3 is 14.5 Å². The highest BCUT2D eigenvalue weighted by Crippen LogP contribution is 2.26. The first-order chi connectivity index (χ1) is 17.2. The number of nitrogens with zero attached hydrogens (tertiary/aromatic N) is 1. The van der Waals surface area contributed by atoms with Crippen molar-refractivity contribution in [1.29, 1.82) is 0 Å². The summed E-state index contributed by atoms with van der Waals surface area (Å²) in [4.78, 5) is 67.5. The standard InChI is InChI=1S/C27H24N2O7/c1-4-35-27(34)23-16(3)28-15(2)22(23)21(30)14-36-26(33)18-10-11-19-20(12-18)25(32)29(24(19)31)13-17-8-6-5-7-9-17/h5-12,28H,4,13-14H2,1-3H3. The van der Waals surface area contributed by atoms with E-state index in [-0.39, 0.29) is 41.0 Å². The van der Waals surface area contributed by atoms with Gasteiger partial charge in [0.15, 0.2) is 6.61 Å². The van der Waals surface area contributed by atoms with Crippen molar-refractivity contribution in [2.45, 2.75) is 27.3 Å². The van der Waals surface area contributed by atoms with Gasteiger partial charge in [-0.15, -0.1) is 0 Å². The summed E-state index contributed by atoms with van der Waals surface area (Å²) in [6.45, 7) is 4.58. The Kier molecular flexibility index (Phi) is 6.82. The molecule has 0 bridgehead atoms. The number of hydrogen-bond acceptors (Lipinski definition) is 7. The zero-order chi connectivity index (χ0) is 26.0. The number of rotatable bonds is 8. The van der Waals surface area contributed by atoms with Crippen molar-refractivity contribution in [2.24, 2.45) is 0 Å². The second-order valence-corrected chi connectivity index (χ2v) is 8.29. The molecular formula is C27H24N2O7. The summed E-state index contributed by atoms with van der Waals surface area (Å²) in [5, 5.41) is 0. The zero-order valence-electron chi connectivity index (χ0n) is 20.0. The second kappa shape index (κ2) is 9.99.